The van der Waals surface area contributed by atoms with Crippen molar-refractivity contribution in [2.24, 2.45) is 5.73 Å². The number of quaternary nitrogens is 1. The zero-order valence-electron chi connectivity index (χ0n) is 37.2. The van der Waals surface area contributed by atoms with Gasteiger partial charge in [-0.3, -0.25) is 18.4 Å². The van der Waals surface area contributed by atoms with Gasteiger partial charge in [-0.05, 0) is 44.9 Å². The van der Waals surface area contributed by atoms with Gasteiger partial charge in [-0.2, -0.15) is 8.42 Å². The molecule has 0 radical (unpaired) electrons. The highest BCUT2D eigenvalue weighted by atomic mass is 32.3. The number of nitrogens with zero attached hydrogens (tertiary/aromatic N) is 1. The highest BCUT2D eigenvalue weighted by molar-refractivity contribution is 7.80. The molecular weight excluding hydrogens is 839 g/mol. The van der Waals surface area contributed by atoms with E-state index in [1.807, 2.05) is 21.1 Å². The number of aliphatic hydroxyl groups is 1. The van der Waals surface area contributed by atoms with Gasteiger partial charge in [-0.15, -0.1) is 0 Å². The van der Waals surface area contributed by atoms with E-state index < -0.39 is 54.8 Å². The van der Waals surface area contributed by atoms with Crippen LogP contribution in [0.15, 0.2) is 12.2 Å². The normalized spacial score (nSPS) is 22.6. The number of phosphoric acid groups is 1. The number of carbonyl (C=O) groups is 2. The third-order valence-corrected chi connectivity index (χ3v) is 11.9. The number of aliphatic hydroxyl groups excluding tert-OH is 1. The summed E-state index contributed by atoms with van der Waals surface area (Å²) in [5, 5.41) is 9.99. The molecule has 61 heavy (non-hydrogen) atoms. The Balaban J connectivity index is 1.54. The minimum Gasteiger partial charge on any atom is -0.460 e. The number of hydrogen-bond donors (Lipinski definition) is 4. The number of likely N-dealkylation sites (N-methyl/N-ethyl adjacent to an activating group) is 1. The Kier molecular flexibility index (Phi) is 27.1. The van der Waals surface area contributed by atoms with Crippen LogP contribution in [0, 0.1) is 0 Å². The highest BCUT2D eigenvalue weighted by Crippen LogP contribution is 2.46. The molecule has 2 heterocycles. The molecule has 2 saturated heterocycles. The zero-order valence-corrected chi connectivity index (χ0v) is 38.9. The number of hydrogen-bond acceptors (Lipinski definition) is 15. The van der Waals surface area contributed by atoms with Crippen LogP contribution in [0.2, 0.25) is 0 Å². The Morgan fingerprint density at radius 3 is 2.10 bits per heavy atom. The molecule has 7 atom stereocenters. The number of unbranched alkanes of at least 4 members (excludes halogenated alkanes) is 14. The summed E-state index contributed by atoms with van der Waals surface area (Å²) < 4.78 is 85.5. The first-order valence-electron chi connectivity index (χ1n) is 22.2. The second-order valence-electron chi connectivity index (χ2n) is 17.3. The first-order valence-corrected chi connectivity index (χ1v) is 25.1. The third kappa shape index (κ3) is 27.4. The topological polar surface area (TPSA) is 246 Å². The molecule has 0 amide bonds. The Morgan fingerprint density at radius 1 is 0.852 bits per heavy atom. The molecule has 2 rings (SSSR count). The number of esters is 2. The van der Waals surface area contributed by atoms with Gasteiger partial charge >= 0.3 is 30.2 Å². The summed E-state index contributed by atoms with van der Waals surface area (Å²) in [7, 11) is -3.07. The molecule has 5 N–H and O–H groups in total. The summed E-state index contributed by atoms with van der Waals surface area (Å²) in [6.07, 6.45) is 21.1. The van der Waals surface area contributed by atoms with E-state index in [-0.39, 0.29) is 44.6 Å². The van der Waals surface area contributed by atoms with Crippen LogP contribution in [0.25, 0.3) is 0 Å². The van der Waals surface area contributed by atoms with Gasteiger partial charge in [-0.25, -0.2) is 13.5 Å². The van der Waals surface area contributed by atoms with Crippen molar-refractivity contribution in [1.29, 1.82) is 0 Å². The lowest BCUT2D eigenvalue weighted by atomic mass is 9.93. The summed E-state index contributed by atoms with van der Waals surface area (Å²) in [6.45, 7) is 1.43. The Hall–Kier alpha value is -1.58. The van der Waals surface area contributed by atoms with Crippen LogP contribution in [0.4, 0.5) is 0 Å². The first kappa shape index (κ1) is 55.6. The maximum absolute atomic E-state index is 12.1. The van der Waals surface area contributed by atoms with Crippen LogP contribution < -0.4 is 5.73 Å². The molecule has 0 aromatic carbocycles. The van der Waals surface area contributed by atoms with E-state index in [2.05, 4.69) is 4.18 Å². The average molecular weight is 918 g/mol. The monoisotopic (exact) mass is 917 g/mol. The number of allylic oxidation sites excluding steroid dienone is 1. The predicted molar refractivity (Wildman–Crippen MR) is 227 cm³/mol. The van der Waals surface area contributed by atoms with Crippen molar-refractivity contribution >= 4 is 30.2 Å². The highest BCUT2D eigenvalue weighted by Gasteiger charge is 2.56. The summed E-state index contributed by atoms with van der Waals surface area (Å²) in [4.78, 5) is 33.8. The Labute approximate surface area is 364 Å². The van der Waals surface area contributed by atoms with Crippen LogP contribution in [0.3, 0.4) is 0 Å². The van der Waals surface area contributed by atoms with E-state index in [1.54, 1.807) is 6.08 Å². The van der Waals surface area contributed by atoms with Gasteiger partial charge in [-0.1, -0.05) is 83.1 Å². The van der Waals surface area contributed by atoms with E-state index in [9.17, 15) is 32.6 Å². The molecule has 0 saturated carbocycles. The minimum absolute atomic E-state index is 0.00891. The smallest absolute Gasteiger partial charge is 0.460 e. The van der Waals surface area contributed by atoms with Crippen LogP contribution in [-0.4, -0.2) is 143 Å². The van der Waals surface area contributed by atoms with E-state index in [0.29, 0.717) is 30.5 Å². The molecule has 2 aliphatic rings. The van der Waals surface area contributed by atoms with E-state index in [0.717, 1.165) is 77.0 Å². The second-order valence-corrected chi connectivity index (χ2v) is 19.8. The number of fused-ring (bicyclic) bond motifs is 2. The summed E-state index contributed by atoms with van der Waals surface area (Å²) in [5.74, 6) is -1.85. The molecule has 358 valence electrons. The standard InChI is InChI=1S/C41H77N2O16PS/c1-34(44)57-39-25-24-38-37(22-18-14-13-15-19-23-40(46)53-32-36(45)33-55-60(47,48)54-29-27-43(2,3)4)58-41(39,59-38)26-20-16-11-9-7-5-6-8-10-12-17-21-28-52-30-35(42)31-56-61(49,50)51/h19,23,35-39,45H,5-18,20-22,24-33,42H2,1-4H3,(H-,47,48,49,50,51)/p+1/b23-19+/t35?,36?,37-,38+,39+,41+/m1/s1. The molecule has 0 aromatic heterocycles. The van der Waals surface area contributed by atoms with Gasteiger partial charge in [0.25, 0.3) is 0 Å². The quantitative estimate of drug-likeness (QED) is 0.0146. The number of carbonyl (C=O) groups excluding carboxylic acids is 2. The summed E-state index contributed by atoms with van der Waals surface area (Å²) >= 11 is 0. The van der Waals surface area contributed by atoms with Crippen LogP contribution in [-0.2, 0) is 61.5 Å². The van der Waals surface area contributed by atoms with Crippen molar-refractivity contribution in [2.45, 2.75) is 172 Å². The zero-order chi connectivity index (χ0) is 45.2. The Morgan fingerprint density at radius 2 is 1.48 bits per heavy atom. The van der Waals surface area contributed by atoms with Gasteiger partial charge in [0.15, 0.2) is 6.10 Å². The van der Waals surface area contributed by atoms with Gasteiger partial charge in [0.2, 0.25) is 5.79 Å². The summed E-state index contributed by atoms with van der Waals surface area (Å²) in [6, 6.07) is -0.613. The van der Waals surface area contributed by atoms with Crippen LogP contribution >= 0.6 is 7.82 Å². The van der Waals surface area contributed by atoms with Crippen LogP contribution in [0.5, 0.6) is 0 Å². The third-order valence-electron chi connectivity index (χ3n) is 10.4. The SMILES string of the molecule is CC(=O)O[C@H]1CC[C@@H]2O[C@]1(CCCCCCCCCCCCCCOCC(N)COS(=O)(=O)O)O[C@@H]2CCCCC/C=C/C(=O)OCC(O)COP(=O)(O)OCC[N+](C)(C)C. The molecule has 0 aromatic rings. The van der Waals surface area contributed by atoms with Gasteiger partial charge in [0, 0.05) is 26.0 Å². The maximum atomic E-state index is 12.1. The van der Waals surface area contributed by atoms with Crippen molar-refractivity contribution in [3.8, 4) is 0 Å². The average Bonchev–Trinajstić information content (AvgIpc) is 3.46. The molecule has 18 nitrogen and oxygen atoms in total. The molecule has 2 bridgehead atoms. The van der Waals surface area contributed by atoms with E-state index in [1.165, 1.54) is 51.5 Å². The molecule has 2 aliphatic heterocycles. The molecular formula is C41H78N2O16PS+. The largest absolute Gasteiger partial charge is 0.472 e. The lowest BCUT2D eigenvalue weighted by Crippen LogP contribution is -2.49. The van der Waals surface area contributed by atoms with Crippen molar-refractivity contribution in [3.63, 3.8) is 0 Å². The predicted octanol–water partition coefficient (Wildman–Crippen LogP) is 5.68. The van der Waals surface area contributed by atoms with E-state index in [4.69, 9.17) is 43.0 Å². The van der Waals surface area contributed by atoms with Crippen LogP contribution in [0.1, 0.15) is 135 Å². The molecule has 0 aliphatic carbocycles. The fourth-order valence-corrected chi connectivity index (χ4v) is 8.28. The van der Waals surface area contributed by atoms with Gasteiger partial charge in [0.05, 0.1) is 59.2 Å². The fourth-order valence-electron chi connectivity index (χ4n) is 7.18. The summed E-state index contributed by atoms with van der Waals surface area (Å²) in [5.41, 5.74) is 5.69. The molecule has 3 unspecified atom stereocenters. The number of rotatable bonds is 37. The lowest BCUT2D eigenvalue weighted by Gasteiger charge is -2.38. The van der Waals surface area contributed by atoms with Gasteiger partial charge in [0.1, 0.15) is 25.9 Å². The van der Waals surface area contributed by atoms with Crippen molar-refractivity contribution in [1.82, 2.24) is 0 Å². The fraction of sp³-hybridized carbons (Fsp3) is 0.902. The van der Waals surface area contributed by atoms with Crippen molar-refractivity contribution in [2.75, 3.05) is 67.3 Å². The number of phosphoric ester groups is 1. The molecule has 0 spiro atoms. The number of ether oxygens (including phenoxy) is 5. The maximum Gasteiger partial charge on any atom is 0.472 e. The first-order chi connectivity index (χ1) is 28.8. The van der Waals surface area contributed by atoms with Gasteiger partial charge < -0.3 is 43.9 Å². The minimum atomic E-state index is -4.48. The number of nitrogens with two attached hydrogens (primary N) is 1. The van der Waals surface area contributed by atoms with Crippen molar-refractivity contribution in [3.05, 3.63) is 12.2 Å². The second kappa shape index (κ2) is 29.8. The molecule has 20 heteroatoms. The Bertz CT molecular complexity index is 1420. The van der Waals surface area contributed by atoms with E-state index >= 15 is 0 Å². The lowest BCUT2D eigenvalue weighted by molar-refractivity contribution is -0.870. The molecule has 2 fully saturated rings. The van der Waals surface area contributed by atoms with Crippen molar-refractivity contribution < 1.29 is 78.5 Å².